The maximum absolute atomic E-state index is 10.8. The number of methoxy groups -OCH3 is 2. The van der Waals surface area contributed by atoms with Crippen LogP contribution in [0, 0.1) is 0 Å². The van der Waals surface area contributed by atoms with E-state index in [1.54, 1.807) is 32.4 Å². The van der Waals surface area contributed by atoms with Gasteiger partial charge in [0.1, 0.15) is 6.33 Å². The van der Waals surface area contributed by atoms with Crippen LogP contribution in [0.25, 0.3) is 0 Å². The quantitative estimate of drug-likeness (QED) is 0.912. The summed E-state index contributed by atoms with van der Waals surface area (Å²) < 4.78 is 30.5. The monoisotopic (exact) mass is 337 g/mol. The molecule has 0 heterocycles. The van der Waals surface area contributed by atoms with E-state index in [1.165, 1.54) is 6.92 Å². The molecule has 1 rings (SSSR count). The molecule has 0 unspecified atom stereocenters. The van der Waals surface area contributed by atoms with Gasteiger partial charge in [0.05, 0.1) is 14.2 Å². The molecule has 0 bridgehead atoms. The second kappa shape index (κ2) is 9.32. The first kappa shape index (κ1) is 17.4. The fraction of sp³-hybridized carbons (Fsp3) is 0.250. The van der Waals surface area contributed by atoms with Gasteiger partial charge in [0.25, 0.3) is 0 Å². The smallest absolute Gasteiger partial charge is 0.221 e. The molecule has 1 N–H and O–H groups in total. The van der Waals surface area contributed by atoms with Crippen molar-refractivity contribution < 1.29 is 23.0 Å². The molecule has 4 nitrogen and oxygen atoms in total. The van der Waals surface area contributed by atoms with Crippen LogP contribution in [0.2, 0.25) is 0 Å². The summed E-state index contributed by atoms with van der Waals surface area (Å²) in [5.74, 6) is 1.12. The van der Waals surface area contributed by atoms with Crippen LogP contribution in [0.15, 0.2) is 29.3 Å². The van der Waals surface area contributed by atoms with Gasteiger partial charge in [-0.15, -0.1) is 0 Å². The Morgan fingerprint density at radius 2 is 1.84 bits per heavy atom. The molecule has 7 heteroatoms. The number of halogens is 3. The van der Waals surface area contributed by atoms with Crippen molar-refractivity contribution in [3.05, 3.63) is 29.3 Å². The molecule has 0 atom stereocenters. The molecule has 1 amide bonds. The van der Waals surface area contributed by atoms with Crippen LogP contribution in [0.5, 0.6) is 11.5 Å². The first-order chi connectivity index (χ1) is 8.94. The highest BCUT2D eigenvalue weighted by molar-refractivity contribution is 9.11. The van der Waals surface area contributed by atoms with E-state index in [0.717, 1.165) is 0 Å². The van der Waals surface area contributed by atoms with E-state index in [2.05, 4.69) is 21.2 Å². The number of hydrogen-bond donors (Lipinski definition) is 1. The Morgan fingerprint density at radius 3 is 2.21 bits per heavy atom. The van der Waals surface area contributed by atoms with Crippen molar-refractivity contribution in [3.8, 4) is 11.5 Å². The molecule has 0 aliphatic rings. The van der Waals surface area contributed by atoms with E-state index < -0.39 is 4.74 Å². The van der Waals surface area contributed by atoms with Crippen molar-refractivity contribution in [3.63, 3.8) is 0 Å². The molecule has 19 heavy (non-hydrogen) atoms. The highest BCUT2D eigenvalue weighted by atomic mass is 79.9. The average Bonchev–Trinajstić information content (AvgIpc) is 2.38. The third kappa shape index (κ3) is 7.40. The van der Waals surface area contributed by atoms with Gasteiger partial charge in [-0.05, 0) is 28.1 Å². The Hall–Kier alpha value is -1.63. The van der Waals surface area contributed by atoms with Gasteiger partial charge in [0.2, 0.25) is 5.91 Å². The summed E-state index contributed by atoms with van der Waals surface area (Å²) in [6.45, 7) is 1.46. The highest BCUT2D eigenvalue weighted by Gasteiger charge is 2.04. The zero-order chi connectivity index (χ0) is 14.8. The fourth-order valence-electron chi connectivity index (χ4n) is 1.12. The second-order valence-electron chi connectivity index (χ2n) is 3.15. The van der Waals surface area contributed by atoms with Crippen LogP contribution in [0.1, 0.15) is 6.92 Å². The summed E-state index contributed by atoms with van der Waals surface area (Å²) in [4.78, 5) is 10.8. The fourth-order valence-corrected chi connectivity index (χ4v) is 1.12. The average molecular weight is 338 g/mol. The van der Waals surface area contributed by atoms with E-state index in [-0.39, 0.29) is 12.2 Å². The molecule has 0 saturated heterocycles. The van der Waals surface area contributed by atoms with Crippen molar-refractivity contribution in [1.29, 1.82) is 0 Å². The topological polar surface area (TPSA) is 47.6 Å². The van der Waals surface area contributed by atoms with Crippen LogP contribution in [0.3, 0.4) is 0 Å². The first-order valence-electron chi connectivity index (χ1n) is 5.05. The molecular weight excluding hydrogens is 324 g/mol. The highest BCUT2D eigenvalue weighted by Crippen LogP contribution is 2.29. The number of hydrogen-bond acceptors (Lipinski definition) is 3. The number of nitrogens with one attached hydrogen (secondary N) is 1. The molecule has 106 valence electrons. The minimum Gasteiger partial charge on any atom is -0.493 e. The molecule has 0 aliphatic carbocycles. The predicted octanol–water partition coefficient (Wildman–Crippen LogP) is 3.78. The number of ether oxygens (including phenoxy) is 2. The van der Waals surface area contributed by atoms with Gasteiger partial charge >= 0.3 is 0 Å². The lowest BCUT2D eigenvalue weighted by molar-refractivity contribution is -0.114. The molecule has 0 aliphatic heterocycles. The lowest BCUT2D eigenvalue weighted by Gasteiger charge is -2.09. The van der Waals surface area contributed by atoms with Crippen molar-refractivity contribution in [2.75, 3.05) is 19.5 Å². The van der Waals surface area contributed by atoms with Crippen molar-refractivity contribution in [2.45, 2.75) is 6.92 Å². The molecule has 1 aromatic carbocycles. The molecule has 0 saturated carbocycles. The largest absolute Gasteiger partial charge is 0.493 e. The van der Waals surface area contributed by atoms with Crippen LogP contribution in [0.4, 0.5) is 14.5 Å². The molecular formula is C12H14BrF2NO3. The van der Waals surface area contributed by atoms with Gasteiger partial charge in [-0.1, -0.05) is 0 Å². The van der Waals surface area contributed by atoms with Crippen LogP contribution in [-0.4, -0.2) is 20.1 Å². The van der Waals surface area contributed by atoms with Gasteiger partial charge in [-0.2, -0.15) is 4.39 Å². The van der Waals surface area contributed by atoms with E-state index in [1.807, 2.05) is 0 Å². The Kier molecular flexibility index (Phi) is 8.52. The van der Waals surface area contributed by atoms with Gasteiger partial charge in [0.15, 0.2) is 16.2 Å². The number of rotatable bonds is 3. The van der Waals surface area contributed by atoms with Crippen LogP contribution >= 0.6 is 15.9 Å². The second-order valence-corrected chi connectivity index (χ2v) is 3.91. The summed E-state index contributed by atoms with van der Waals surface area (Å²) in [7, 11) is 3.12. The third-order valence-corrected chi connectivity index (χ3v) is 1.96. The minimum atomic E-state index is -0.975. The maximum Gasteiger partial charge on any atom is 0.221 e. The third-order valence-electron chi connectivity index (χ3n) is 1.79. The summed E-state index contributed by atoms with van der Waals surface area (Å²) in [5, 5.41) is 2.66. The lowest BCUT2D eigenvalue weighted by atomic mass is 10.2. The first-order valence-corrected chi connectivity index (χ1v) is 5.84. The molecule has 1 aromatic rings. The maximum atomic E-state index is 10.8. The van der Waals surface area contributed by atoms with Gasteiger partial charge < -0.3 is 14.8 Å². The SMILES string of the molecule is COc1ccc(NC(C)=O)cc1OC.FC=C(F)Br. The Labute approximate surface area is 118 Å². The molecule has 0 spiro atoms. The van der Waals surface area contributed by atoms with Crippen LogP contribution < -0.4 is 14.8 Å². The number of benzene rings is 1. The standard InChI is InChI=1S/C10H13NO3.C2HBrF2/c1-7(12)11-8-4-5-9(13-2)10(6-8)14-3;3-2(5)1-4/h4-6H,1-3H3,(H,11,12);1H. The number of carbonyl (C=O) groups excluding carboxylic acids is 1. The lowest BCUT2D eigenvalue weighted by Crippen LogP contribution is -2.05. The molecule has 0 aromatic heterocycles. The number of anilines is 1. The van der Waals surface area contributed by atoms with E-state index in [4.69, 9.17) is 9.47 Å². The predicted molar refractivity (Wildman–Crippen MR) is 73.1 cm³/mol. The van der Waals surface area contributed by atoms with Crippen molar-refractivity contribution >= 4 is 27.5 Å². The van der Waals surface area contributed by atoms with Gasteiger partial charge in [-0.25, -0.2) is 4.39 Å². The minimum absolute atomic E-state index is 0.114. The van der Waals surface area contributed by atoms with E-state index in [9.17, 15) is 13.6 Å². The summed E-state index contributed by atoms with van der Waals surface area (Å²) >= 11 is 2.19. The van der Waals surface area contributed by atoms with Gasteiger partial charge in [0, 0.05) is 18.7 Å². The zero-order valence-corrected chi connectivity index (χ0v) is 12.3. The molecule has 0 fully saturated rings. The van der Waals surface area contributed by atoms with Crippen LogP contribution in [-0.2, 0) is 4.79 Å². The Morgan fingerprint density at radius 1 is 1.32 bits per heavy atom. The Balaban J connectivity index is 0.000000555. The van der Waals surface area contributed by atoms with E-state index >= 15 is 0 Å². The normalized spacial score (nSPS) is 10.1. The Bertz CT molecular complexity index is 449. The summed E-state index contributed by atoms with van der Waals surface area (Å²) in [6, 6.07) is 5.20. The van der Waals surface area contributed by atoms with E-state index in [0.29, 0.717) is 17.2 Å². The number of carbonyl (C=O) groups is 1. The summed E-state index contributed by atoms with van der Waals surface area (Å²) in [5.41, 5.74) is 0.690. The zero-order valence-electron chi connectivity index (χ0n) is 10.7. The molecule has 0 radical (unpaired) electrons. The summed E-state index contributed by atoms with van der Waals surface area (Å²) in [6.07, 6.45) is -0.167. The van der Waals surface area contributed by atoms with Crippen molar-refractivity contribution in [1.82, 2.24) is 0 Å². The number of amides is 1. The van der Waals surface area contributed by atoms with Gasteiger partial charge in [-0.3, -0.25) is 4.79 Å². The van der Waals surface area contributed by atoms with Crippen molar-refractivity contribution in [2.24, 2.45) is 0 Å².